The summed E-state index contributed by atoms with van der Waals surface area (Å²) < 4.78 is 0. The smallest absolute Gasteiger partial charge is 0.112 e. The number of aliphatic hydroxyl groups is 1. The Balaban J connectivity index is 3.02. The van der Waals surface area contributed by atoms with E-state index in [0.717, 1.165) is 5.56 Å². The van der Waals surface area contributed by atoms with Crippen LogP contribution in [0, 0.1) is 12.3 Å². The van der Waals surface area contributed by atoms with Crippen LogP contribution in [0.3, 0.4) is 0 Å². The van der Waals surface area contributed by atoms with Crippen molar-refractivity contribution < 1.29 is 5.11 Å². The molecule has 0 aliphatic carbocycles. The molecule has 1 heterocycles. The van der Waals surface area contributed by atoms with Gasteiger partial charge in [0.25, 0.3) is 0 Å². The molecule has 0 unspecified atom stereocenters. The number of hydrogen-bond acceptors (Lipinski definition) is 2. The lowest BCUT2D eigenvalue weighted by atomic mass is 10.0. The van der Waals surface area contributed by atoms with Gasteiger partial charge in [-0.3, -0.25) is 0 Å². The van der Waals surface area contributed by atoms with E-state index in [-0.39, 0.29) is 0 Å². The maximum absolute atomic E-state index is 9.56. The minimum Gasteiger partial charge on any atom is -0.386 e. The van der Waals surface area contributed by atoms with Gasteiger partial charge < -0.3 is 5.11 Å². The Kier molecular flexibility index (Phi) is 2.16. The molecule has 1 N–H and O–H groups in total. The summed E-state index contributed by atoms with van der Waals surface area (Å²) in [5, 5.41) is 9.56. The molecule has 0 spiro atoms. The van der Waals surface area contributed by atoms with E-state index in [0.29, 0.717) is 5.69 Å². The Morgan fingerprint density at radius 1 is 1.50 bits per heavy atom. The summed E-state index contributed by atoms with van der Waals surface area (Å²) >= 11 is 0. The average molecular weight is 161 g/mol. The highest BCUT2D eigenvalue weighted by Crippen LogP contribution is 2.17. The molecule has 0 atom stereocenters. The molecule has 62 valence electrons. The first-order valence-electron chi connectivity index (χ1n) is 3.69. The standard InChI is InChI=1S/C10H11NO/c1-4-9-6-5-8(7-11-9)10(2,3)12/h1,5-7,12H,2-3H3. The molecule has 0 aromatic carbocycles. The second kappa shape index (κ2) is 2.96. The van der Waals surface area contributed by atoms with Gasteiger partial charge in [0.15, 0.2) is 0 Å². The zero-order valence-electron chi connectivity index (χ0n) is 7.20. The second-order valence-electron chi connectivity index (χ2n) is 3.14. The van der Waals surface area contributed by atoms with Crippen molar-refractivity contribution in [1.29, 1.82) is 0 Å². The summed E-state index contributed by atoms with van der Waals surface area (Å²) in [5.74, 6) is 2.41. The Hall–Kier alpha value is -1.33. The normalized spacial score (nSPS) is 10.8. The summed E-state index contributed by atoms with van der Waals surface area (Å²) in [6.07, 6.45) is 6.73. The first-order chi connectivity index (χ1) is 5.54. The van der Waals surface area contributed by atoms with Crippen molar-refractivity contribution in [2.75, 3.05) is 0 Å². The number of rotatable bonds is 1. The van der Waals surface area contributed by atoms with Crippen LogP contribution >= 0.6 is 0 Å². The van der Waals surface area contributed by atoms with Crippen molar-refractivity contribution in [3.8, 4) is 12.3 Å². The lowest BCUT2D eigenvalue weighted by Gasteiger charge is -2.16. The molecule has 1 aromatic rings. The molecule has 1 rings (SSSR count). The predicted octanol–water partition coefficient (Wildman–Crippen LogP) is 1.29. The van der Waals surface area contributed by atoms with Crippen LogP contribution in [0.5, 0.6) is 0 Å². The Bertz CT molecular complexity index is 300. The van der Waals surface area contributed by atoms with Crippen molar-refractivity contribution in [3.05, 3.63) is 29.6 Å². The van der Waals surface area contributed by atoms with Crippen LogP contribution < -0.4 is 0 Å². The number of aromatic nitrogens is 1. The molecule has 0 amide bonds. The molecular weight excluding hydrogens is 150 g/mol. The van der Waals surface area contributed by atoms with Gasteiger partial charge in [0.05, 0.1) is 5.60 Å². The van der Waals surface area contributed by atoms with Crippen LogP contribution in [-0.2, 0) is 5.60 Å². The van der Waals surface area contributed by atoms with Gasteiger partial charge in [-0.15, -0.1) is 6.42 Å². The van der Waals surface area contributed by atoms with E-state index in [4.69, 9.17) is 6.42 Å². The van der Waals surface area contributed by atoms with Crippen LogP contribution in [0.25, 0.3) is 0 Å². The van der Waals surface area contributed by atoms with Gasteiger partial charge in [-0.2, -0.15) is 0 Å². The average Bonchev–Trinajstić information content (AvgIpc) is 2.03. The first kappa shape index (κ1) is 8.76. The van der Waals surface area contributed by atoms with Gasteiger partial charge in [-0.05, 0) is 19.9 Å². The number of nitrogens with zero attached hydrogens (tertiary/aromatic N) is 1. The van der Waals surface area contributed by atoms with Gasteiger partial charge in [-0.25, -0.2) is 4.98 Å². The third-order valence-electron chi connectivity index (χ3n) is 1.62. The molecule has 0 bridgehead atoms. The number of hydrogen-bond donors (Lipinski definition) is 1. The van der Waals surface area contributed by atoms with Gasteiger partial charge in [0.2, 0.25) is 0 Å². The molecule has 12 heavy (non-hydrogen) atoms. The van der Waals surface area contributed by atoms with E-state index in [2.05, 4.69) is 10.9 Å². The van der Waals surface area contributed by atoms with Crippen LogP contribution in [0.1, 0.15) is 25.1 Å². The fourth-order valence-corrected chi connectivity index (χ4v) is 0.841. The van der Waals surface area contributed by atoms with E-state index < -0.39 is 5.60 Å². The molecule has 2 nitrogen and oxygen atoms in total. The quantitative estimate of drug-likeness (QED) is 0.629. The maximum Gasteiger partial charge on any atom is 0.112 e. The van der Waals surface area contributed by atoms with Crippen LogP contribution in [-0.4, -0.2) is 10.1 Å². The summed E-state index contributed by atoms with van der Waals surface area (Å²) in [6.45, 7) is 3.42. The van der Waals surface area contributed by atoms with Crippen molar-refractivity contribution in [1.82, 2.24) is 4.98 Å². The van der Waals surface area contributed by atoms with E-state index in [1.54, 1.807) is 32.2 Å². The third-order valence-corrected chi connectivity index (χ3v) is 1.62. The van der Waals surface area contributed by atoms with Gasteiger partial charge in [-0.1, -0.05) is 12.0 Å². The molecule has 0 radical (unpaired) electrons. The van der Waals surface area contributed by atoms with Crippen molar-refractivity contribution in [3.63, 3.8) is 0 Å². The summed E-state index contributed by atoms with van der Waals surface area (Å²) in [7, 11) is 0. The lowest BCUT2D eigenvalue weighted by molar-refractivity contribution is 0.0782. The van der Waals surface area contributed by atoms with Crippen molar-refractivity contribution in [2.45, 2.75) is 19.4 Å². The second-order valence-corrected chi connectivity index (χ2v) is 3.14. The monoisotopic (exact) mass is 161 g/mol. The Morgan fingerprint density at radius 2 is 2.17 bits per heavy atom. The first-order valence-corrected chi connectivity index (χ1v) is 3.69. The minimum absolute atomic E-state index is 0.586. The van der Waals surface area contributed by atoms with Crippen LogP contribution in [0.2, 0.25) is 0 Å². The Morgan fingerprint density at radius 3 is 2.50 bits per heavy atom. The van der Waals surface area contributed by atoms with E-state index in [9.17, 15) is 5.11 Å². The number of pyridine rings is 1. The SMILES string of the molecule is C#Cc1ccc(C(C)(C)O)cn1. The van der Waals surface area contributed by atoms with E-state index in [1.807, 2.05) is 0 Å². The summed E-state index contributed by atoms with van der Waals surface area (Å²) in [4.78, 5) is 3.97. The zero-order valence-corrected chi connectivity index (χ0v) is 7.20. The number of terminal acetylenes is 1. The van der Waals surface area contributed by atoms with Crippen molar-refractivity contribution >= 4 is 0 Å². The third kappa shape index (κ3) is 1.84. The fraction of sp³-hybridized carbons (Fsp3) is 0.300. The molecule has 0 fully saturated rings. The zero-order chi connectivity index (χ0) is 9.19. The van der Waals surface area contributed by atoms with E-state index in [1.165, 1.54) is 0 Å². The van der Waals surface area contributed by atoms with Gasteiger partial charge in [0, 0.05) is 11.8 Å². The van der Waals surface area contributed by atoms with Crippen LogP contribution in [0.15, 0.2) is 18.3 Å². The van der Waals surface area contributed by atoms with E-state index >= 15 is 0 Å². The highest BCUT2D eigenvalue weighted by atomic mass is 16.3. The predicted molar refractivity (Wildman–Crippen MR) is 47.4 cm³/mol. The molecule has 0 aliphatic heterocycles. The highest BCUT2D eigenvalue weighted by Gasteiger charge is 2.15. The highest BCUT2D eigenvalue weighted by molar-refractivity contribution is 5.28. The largest absolute Gasteiger partial charge is 0.386 e. The summed E-state index contributed by atoms with van der Waals surface area (Å²) in [5.41, 5.74) is 0.504. The van der Waals surface area contributed by atoms with Gasteiger partial charge >= 0.3 is 0 Å². The topological polar surface area (TPSA) is 33.1 Å². The molecule has 0 saturated heterocycles. The minimum atomic E-state index is -0.847. The van der Waals surface area contributed by atoms with Crippen molar-refractivity contribution in [2.24, 2.45) is 0 Å². The molecule has 1 aromatic heterocycles. The summed E-state index contributed by atoms with van der Waals surface area (Å²) in [6, 6.07) is 3.50. The Labute approximate surface area is 72.3 Å². The van der Waals surface area contributed by atoms with Crippen LogP contribution in [0.4, 0.5) is 0 Å². The molecular formula is C10H11NO. The molecule has 2 heteroatoms. The maximum atomic E-state index is 9.56. The fourth-order valence-electron chi connectivity index (χ4n) is 0.841. The molecule has 0 aliphatic rings. The van der Waals surface area contributed by atoms with Gasteiger partial charge in [0.1, 0.15) is 5.69 Å². The molecule has 0 saturated carbocycles. The lowest BCUT2D eigenvalue weighted by Crippen LogP contribution is -2.15.